The lowest BCUT2D eigenvalue weighted by molar-refractivity contribution is -0.177. The summed E-state index contributed by atoms with van der Waals surface area (Å²) in [6, 6.07) is 0. The van der Waals surface area contributed by atoms with Crippen LogP contribution in [0.5, 0.6) is 0 Å². The Morgan fingerprint density at radius 3 is 2.65 bits per heavy atom. The van der Waals surface area contributed by atoms with E-state index in [1.165, 1.54) is 26.2 Å². The highest BCUT2D eigenvalue weighted by Gasteiger charge is 2.71. The van der Waals surface area contributed by atoms with Gasteiger partial charge in [-0.1, -0.05) is 25.2 Å². The number of hydrogen-bond donors (Lipinski definition) is 1. The zero-order chi connectivity index (χ0) is 22.8. The van der Waals surface area contributed by atoms with Crippen LogP contribution in [0.4, 0.5) is 4.39 Å². The van der Waals surface area contributed by atoms with Gasteiger partial charge in [-0.25, -0.2) is 4.39 Å². The number of rotatable bonds is 4. The van der Waals surface area contributed by atoms with Gasteiger partial charge >= 0.3 is 5.97 Å². The molecule has 168 valence electrons. The average molecular weight is 432 g/mol. The number of halogens is 1. The summed E-state index contributed by atoms with van der Waals surface area (Å²) in [4.78, 5) is 36.1. The van der Waals surface area contributed by atoms with Gasteiger partial charge in [-0.05, 0) is 48.8 Å². The summed E-state index contributed by atoms with van der Waals surface area (Å²) < 4.78 is 27.6. The number of methoxy groups -OCH3 is 1. The van der Waals surface area contributed by atoms with E-state index in [-0.39, 0.29) is 30.5 Å². The molecular formula is C24H29FO6. The predicted molar refractivity (Wildman–Crippen MR) is 110 cm³/mol. The van der Waals surface area contributed by atoms with Crippen LogP contribution in [-0.4, -0.2) is 54.2 Å². The van der Waals surface area contributed by atoms with Crippen molar-refractivity contribution in [3.8, 4) is 0 Å². The first-order valence-electron chi connectivity index (χ1n) is 10.7. The summed E-state index contributed by atoms with van der Waals surface area (Å²) in [5, 5.41) is 11.2. The standard InChI is InChI=1S/C24H29FO6/c1-13(26)31-12-18(28)21-19(30-4)10-17-16-6-5-14-9-15(27)7-8-23(14,3)24(16,25)20(29)11-22(17,21)2/h5-9,16-17,19-21,29H,10-12H2,1-4H3/t16-,17-,19?,20?,21-,22-,23-,24-/m0/s1. The summed E-state index contributed by atoms with van der Waals surface area (Å²) in [6.45, 7) is 4.49. The van der Waals surface area contributed by atoms with Crippen LogP contribution in [0.25, 0.3) is 0 Å². The summed E-state index contributed by atoms with van der Waals surface area (Å²) >= 11 is 0. The van der Waals surface area contributed by atoms with Crippen LogP contribution >= 0.6 is 0 Å². The van der Waals surface area contributed by atoms with Gasteiger partial charge in [0, 0.05) is 25.4 Å². The third-order valence-corrected chi connectivity index (χ3v) is 8.28. The molecule has 0 aliphatic heterocycles. The van der Waals surface area contributed by atoms with Crippen molar-refractivity contribution < 1.29 is 33.4 Å². The summed E-state index contributed by atoms with van der Waals surface area (Å²) in [5.74, 6) is -2.58. The van der Waals surface area contributed by atoms with E-state index in [1.807, 2.05) is 6.92 Å². The molecule has 0 aromatic rings. The van der Waals surface area contributed by atoms with Gasteiger partial charge in [0.1, 0.15) is 6.61 Å². The number of carbonyl (C=O) groups excluding carboxylic acids is 3. The molecule has 31 heavy (non-hydrogen) atoms. The van der Waals surface area contributed by atoms with E-state index in [0.717, 1.165) is 0 Å². The second-order valence-electron chi connectivity index (χ2n) is 9.76. The molecule has 1 N–H and O–H groups in total. The molecule has 4 aliphatic rings. The maximum absolute atomic E-state index is 17.0. The Morgan fingerprint density at radius 1 is 1.29 bits per heavy atom. The fourth-order valence-electron chi connectivity index (χ4n) is 6.74. The second-order valence-corrected chi connectivity index (χ2v) is 9.76. The van der Waals surface area contributed by atoms with E-state index in [9.17, 15) is 19.5 Å². The van der Waals surface area contributed by atoms with E-state index in [2.05, 4.69) is 0 Å². The molecule has 0 amide bonds. The fourth-order valence-corrected chi connectivity index (χ4v) is 6.74. The molecule has 0 spiro atoms. The monoisotopic (exact) mass is 432 g/mol. The Hall–Kier alpha value is -2.12. The Morgan fingerprint density at radius 2 is 2.00 bits per heavy atom. The lowest BCUT2D eigenvalue weighted by Crippen LogP contribution is -2.65. The number of aliphatic hydroxyl groups is 1. The van der Waals surface area contributed by atoms with Crippen molar-refractivity contribution in [2.24, 2.45) is 28.6 Å². The first kappa shape index (κ1) is 22.1. The van der Waals surface area contributed by atoms with Gasteiger partial charge in [-0.15, -0.1) is 0 Å². The molecule has 2 fully saturated rings. The van der Waals surface area contributed by atoms with Crippen molar-refractivity contribution in [2.45, 2.75) is 51.5 Å². The first-order chi connectivity index (χ1) is 14.5. The summed E-state index contributed by atoms with van der Waals surface area (Å²) in [5.41, 5.74) is -3.36. The number of aliphatic hydroxyl groups excluding tert-OH is 1. The number of carbonyl (C=O) groups is 3. The van der Waals surface area contributed by atoms with Crippen molar-refractivity contribution in [3.63, 3.8) is 0 Å². The number of alkyl halides is 1. The highest BCUT2D eigenvalue weighted by Crippen LogP contribution is 2.67. The van der Waals surface area contributed by atoms with Crippen LogP contribution in [0.3, 0.4) is 0 Å². The summed E-state index contributed by atoms with van der Waals surface area (Å²) in [7, 11) is 1.52. The van der Waals surface area contributed by atoms with Crippen molar-refractivity contribution >= 4 is 17.5 Å². The van der Waals surface area contributed by atoms with E-state index < -0.39 is 46.5 Å². The van der Waals surface area contributed by atoms with Gasteiger partial charge in [-0.2, -0.15) is 0 Å². The lowest BCUT2D eigenvalue weighted by Gasteiger charge is -2.60. The molecule has 2 unspecified atom stereocenters. The highest BCUT2D eigenvalue weighted by molar-refractivity contribution is 6.01. The van der Waals surface area contributed by atoms with Gasteiger partial charge < -0.3 is 14.6 Å². The molecule has 0 heterocycles. The van der Waals surface area contributed by atoms with Crippen LogP contribution in [0.2, 0.25) is 0 Å². The number of ether oxygens (including phenoxy) is 2. The van der Waals surface area contributed by atoms with Crippen LogP contribution in [0.15, 0.2) is 36.0 Å². The van der Waals surface area contributed by atoms with E-state index in [0.29, 0.717) is 12.0 Å². The Bertz CT molecular complexity index is 921. The number of hydrogen-bond acceptors (Lipinski definition) is 6. The topological polar surface area (TPSA) is 89.9 Å². The minimum atomic E-state index is -2.03. The van der Waals surface area contributed by atoms with Gasteiger partial charge in [0.05, 0.1) is 18.1 Å². The van der Waals surface area contributed by atoms with Gasteiger partial charge in [0.15, 0.2) is 17.2 Å². The van der Waals surface area contributed by atoms with E-state index in [1.54, 1.807) is 25.2 Å². The Labute approximate surface area is 181 Å². The molecule has 0 aromatic carbocycles. The Kier molecular flexibility index (Phi) is 5.13. The van der Waals surface area contributed by atoms with Crippen LogP contribution < -0.4 is 0 Å². The van der Waals surface area contributed by atoms with Crippen LogP contribution in [0.1, 0.15) is 33.6 Å². The molecule has 4 rings (SSSR count). The Balaban J connectivity index is 1.77. The molecule has 6 nitrogen and oxygen atoms in total. The number of fused-ring (bicyclic) bond motifs is 5. The van der Waals surface area contributed by atoms with Crippen LogP contribution in [0, 0.1) is 28.6 Å². The number of Topliss-reactive ketones (excluding diaryl/α,β-unsaturated/α-hetero) is 1. The molecular weight excluding hydrogens is 403 g/mol. The smallest absolute Gasteiger partial charge is 0.303 e. The SMILES string of the molecule is COC1C[C@H]2[C@@H]3C=CC4=CC(=O)C=C[C@]4(C)[C@@]3(F)C(O)C[C@]2(C)[C@H]1C(=O)COC(C)=O. The van der Waals surface area contributed by atoms with E-state index >= 15 is 4.39 Å². The zero-order valence-electron chi connectivity index (χ0n) is 18.3. The minimum absolute atomic E-state index is 0.0689. The largest absolute Gasteiger partial charge is 0.458 e. The molecule has 0 aromatic heterocycles. The quantitative estimate of drug-likeness (QED) is 0.687. The number of ketones is 2. The fraction of sp³-hybridized carbons (Fsp3) is 0.625. The average Bonchev–Trinajstić information content (AvgIpc) is 3.00. The van der Waals surface area contributed by atoms with Gasteiger partial charge in [0.25, 0.3) is 0 Å². The van der Waals surface area contributed by atoms with E-state index in [4.69, 9.17) is 9.47 Å². The van der Waals surface area contributed by atoms with Crippen molar-refractivity contribution in [2.75, 3.05) is 13.7 Å². The maximum Gasteiger partial charge on any atom is 0.303 e. The zero-order valence-corrected chi connectivity index (χ0v) is 18.3. The second kappa shape index (κ2) is 7.20. The molecule has 0 bridgehead atoms. The van der Waals surface area contributed by atoms with Crippen molar-refractivity contribution in [1.82, 2.24) is 0 Å². The predicted octanol–water partition coefficient (Wildman–Crippen LogP) is 2.51. The first-order valence-corrected chi connectivity index (χ1v) is 10.7. The summed E-state index contributed by atoms with van der Waals surface area (Å²) in [6.07, 6.45) is 6.58. The normalized spacial score (nSPS) is 45.4. The lowest BCUT2D eigenvalue weighted by atomic mass is 9.47. The molecule has 7 heteroatoms. The molecule has 0 radical (unpaired) electrons. The maximum atomic E-state index is 17.0. The molecule has 8 atom stereocenters. The third-order valence-electron chi connectivity index (χ3n) is 8.28. The third kappa shape index (κ3) is 2.93. The highest BCUT2D eigenvalue weighted by atomic mass is 19.1. The molecule has 4 aliphatic carbocycles. The molecule has 2 saturated carbocycles. The number of esters is 1. The number of allylic oxidation sites excluding steroid dienone is 6. The van der Waals surface area contributed by atoms with Gasteiger partial charge in [0.2, 0.25) is 0 Å². The van der Waals surface area contributed by atoms with Crippen LogP contribution in [-0.2, 0) is 23.9 Å². The van der Waals surface area contributed by atoms with Crippen molar-refractivity contribution in [3.05, 3.63) is 36.0 Å². The van der Waals surface area contributed by atoms with Crippen molar-refractivity contribution in [1.29, 1.82) is 0 Å². The molecule has 0 saturated heterocycles. The minimum Gasteiger partial charge on any atom is -0.458 e. The van der Waals surface area contributed by atoms with Gasteiger partial charge in [-0.3, -0.25) is 14.4 Å².